The molecule has 1 unspecified atom stereocenters. The van der Waals surface area contributed by atoms with Crippen LogP contribution < -0.4 is 10.5 Å². The van der Waals surface area contributed by atoms with Crippen molar-refractivity contribution in [2.24, 2.45) is 0 Å². The quantitative estimate of drug-likeness (QED) is 0.937. The molecular formula is C12H11F3N4O. The van der Waals surface area contributed by atoms with E-state index in [9.17, 15) is 13.2 Å². The van der Waals surface area contributed by atoms with Crippen LogP contribution in [0.5, 0.6) is 6.01 Å². The zero-order chi connectivity index (χ0) is 14.8. The lowest BCUT2D eigenvalue weighted by atomic mass is 10.2. The maximum atomic E-state index is 12.5. The summed E-state index contributed by atoms with van der Waals surface area (Å²) in [6, 6.07) is 3.65. The van der Waals surface area contributed by atoms with E-state index in [2.05, 4.69) is 15.0 Å². The van der Waals surface area contributed by atoms with E-state index in [4.69, 9.17) is 10.5 Å². The van der Waals surface area contributed by atoms with Gasteiger partial charge in [0, 0.05) is 12.4 Å². The minimum atomic E-state index is -4.54. The highest BCUT2D eigenvalue weighted by atomic mass is 19.4. The molecule has 0 amide bonds. The van der Waals surface area contributed by atoms with Crippen molar-refractivity contribution < 1.29 is 17.9 Å². The fourth-order valence-electron chi connectivity index (χ4n) is 1.50. The maximum absolute atomic E-state index is 12.5. The van der Waals surface area contributed by atoms with Gasteiger partial charge in [-0.3, -0.25) is 0 Å². The summed E-state index contributed by atoms with van der Waals surface area (Å²) in [4.78, 5) is 10.8. The third-order valence-corrected chi connectivity index (χ3v) is 2.48. The van der Waals surface area contributed by atoms with E-state index in [-0.39, 0.29) is 6.01 Å². The fourth-order valence-corrected chi connectivity index (χ4v) is 1.50. The van der Waals surface area contributed by atoms with Crippen LogP contribution in [0.15, 0.2) is 30.6 Å². The molecule has 106 valence electrons. The molecule has 0 saturated carbocycles. The SMILES string of the molecule is CC(Oc1nccc(C(F)(F)F)n1)c1ccnc(N)c1. The summed E-state index contributed by atoms with van der Waals surface area (Å²) in [7, 11) is 0. The minimum Gasteiger partial charge on any atom is -0.456 e. The van der Waals surface area contributed by atoms with E-state index in [1.165, 1.54) is 6.20 Å². The molecule has 0 fully saturated rings. The molecule has 5 nitrogen and oxygen atoms in total. The molecule has 2 aromatic heterocycles. The molecule has 0 aliphatic heterocycles. The van der Waals surface area contributed by atoms with Gasteiger partial charge in [-0.2, -0.15) is 18.2 Å². The van der Waals surface area contributed by atoms with Gasteiger partial charge >= 0.3 is 12.2 Å². The summed E-state index contributed by atoms with van der Waals surface area (Å²) in [6.07, 6.45) is -2.61. The van der Waals surface area contributed by atoms with Crippen LogP contribution in [0.1, 0.15) is 24.3 Å². The van der Waals surface area contributed by atoms with Crippen LogP contribution in [-0.4, -0.2) is 15.0 Å². The van der Waals surface area contributed by atoms with E-state index in [1.54, 1.807) is 19.1 Å². The van der Waals surface area contributed by atoms with Crippen LogP contribution >= 0.6 is 0 Å². The summed E-state index contributed by atoms with van der Waals surface area (Å²) >= 11 is 0. The van der Waals surface area contributed by atoms with Gasteiger partial charge in [-0.15, -0.1) is 0 Å². The molecule has 2 heterocycles. The fraction of sp³-hybridized carbons (Fsp3) is 0.250. The van der Waals surface area contributed by atoms with Crippen molar-refractivity contribution in [3.63, 3.8) is 0 Å². The Morgan fingerprint density at radius 2 is 1.90 bits per heavy atom. The molecule has 0 saturated heterocycles. The molecule has 0 bridgehead atoms. The lowest BCUT2D eigenvalue weighted by molar-refractivity contribution is -0.141. The Labute approximate surface area is 112 Å². The molecular weight excluding hydrogens is 273 g/mol. The van der Waals surface area contributed by atoms with Gasteiger partial charge < -0.3 is 10.5 Å². The highest BCUT2D eigenvalue weighted by molar-refractivity contribution is 5.33. The molecule has 8 heteroatoms. The molecule has 0 radical (unpaired) electrons. The number of hydrogen-bond acceptors (Lipinski definition) is 5. The monoisotopic (exact) mass is 284 g/mol. The Morgan fingerprint density at radius 3 is 2.55 bits per heavy atom. The zero-order valence-corrected chi connectivity index (χ0v) is 10.4. The molecule has 0 aliphatic rings. The van der Waals surface area contributed by atoms with Gasteiger partial charge in [0.15, 0.2) is 5.69 Å². The smallest absolute Gasteiger partial charge is 0.433 e. The molecule has 0 aromatic carbocycles. The number of ether oxygens (including phenoxy) is 1. The van der Waals surface area contributed by atoms with Crippen molar-refractivity contribution in [2.45, 2.75) is 19.2 Å². The lowest BCUT2D eigenvalue weighted by Gasteiger charge is -2.14. The second-order valence-electron chi connectivity index (χ2n) is 4.00. The first-order valence-corrected chi connectivity index (χ1v) is 5.64. The Bertz CT molecular complexity index is 603. The van der Waals surface area contributed by atoms with Crippen molar-refractivity contribution in [1.29, 1.82) is 0 Å². The van der Waals surface area contributed by atoms with E-state index in [1.807, 2.05) is 0 Å². The van der Waals surface area contributed by atoms with Gasteiger partial charge in [-0.1, -0.05) is 0 Å². The van der Waals surface area contributed by atoms with Gasteiger partial charge in [0.1, 0.15) is 11.9 Å². The van der Waals surface area contributed by atoms with Crippen LogP contribution in [-0.2, 0) is 6.18 Å². The van der Waals surface area contributed by atoms with Gasteiger partial charge in [0.25, 0.3) is 0 Å². The normalized spacial score (nSPS) is 13.0. The second kappa shape index (κ2) is 5.32. The molecule has 2 aromatic rings. The van der Waals surface area contributed by atoms with Crippen LogP contribution in [0, 0.1) is 0 Å². The second-order valence-corrected chi connectivity index (χ2v) is 4.00. The number of anilines is 1. The Morgan fingerprint density at radius 1 is 1.20 bits per heavy atom. The third-order valence-electron chi connectivity index (χ3n) is 2.48. The number of pyridine rings is 1. The predicted molar refractivity (Wildman–Crippen MR) is 64.7 cm³/mol. The summed E-state index contributed by atoms with van der Waals surface area (Å²) in [5.41, 5.74) is 5.14. The summed E-state index contributed by atoms with van der Waals surface area (Å²) < 4.78 is 42.8. The molecule has 2 N–H and O–H groups in total. The number of halogens is 3. The number of aromatic nitrogens is 3. The first-order chi connectivity index (χ1) is 9.36. The Balaban J connectivity index is 2.18. The maximum Gasteiger partial charge on any atom is 0.433 e. The van der Waals surface area contributed by atoms with E-state index < -0.39 is 18.0 Å². The van der Waals surface area contributed by atoms with Gasteiger partial charge in [-0.05, 0) is 30.7 Å². The van der Waals surface area contributed by atoms with Crippen molar-refractivity contribution in [3.8, 4) is 6.01 Å². The Hall–Kier alpha value is -2.38. The molecule has 0 spiro atoms. The first kappa shape index (κ1) is 14.0. The average Bonchev–Trinajstić information content (AvgIpc) is 2.38. The number of nitrogens with two attached hydrogens (primary N) is 1. The highest BCUT2D eigenvalue weighted by Gasteiger charge is 2.33. The van der Waals surface area contributed by atoms with Crippen LogP contribution in [0.3, 0.4) is 0 Å². The largest absolute Gasteiger partial charge is 0.456 e. The predicted octanol–water partition coefficient (Wildman–Crippen LogP) is 2.61. The number of alkyl halides is 3. The standard InChI is InChI=1S/C12H11F3N4O/c1-7(8-2-4-17-10(16)6-8)20-11-18-5-3-9(19-11)12(13,14)15/h2-7H,1H3,(H2,16,17). The van der Waals surface area contributed by atoms with E-state index in [0.29, 0.717) is 11.4 Å². The molecule has 20 heavy (non-hydrogen) atoms. The van der Waals surface area contributed by atoms with E-state index >= 15 is 0 Å². The van der Waals surface area contributed by atoms with Crippen molar-refractivity contribution >= 4 is 5.82 Å². The summed E-state index contributed by atoms with van der Waals surface area (Å²) in [6.45, 7) is 1.65. The molecule has 0 aliphatic carbocycles. The van der Waals surface area contributed by atoms with Crippen molar-refractivity contribution in [3.05, 3.63) is 41.9 Å². The number of rotatable bonds is 3. The summed E-state index contributed by atoms with van der Waals surface area (Å²) in [5.74, 6) is 0.294. The van der Waals surface area contributed by atoms with Gasteiger partial charge in [0.05, 0.1) is 0 Å². The van der Waals surface area contributed by atoms with Crippen molar-refractivity contribution in [1.82, 2.24) is 15.0 Å². The average molecular weight is 284 g/mol. The molecule has 2 rings (SSSR count). The van der Waals surface area contributed by atoms with Crippen LogP contribution in [0.4, 0.5) is 19.0 Å². The van der Waals surface area contributed by atoms with Gasteiger partial charge in [0.2, 0.25) is 0 Å². The number of nitrogens with zero attached hydrogens (tertiary/aromatic N) is 3. The molecule has 1 atom stereocenters. The van der Waals surface area contributed by atoms with Gasteiger partial charge in [-0.25, -0.2) is 9.97 Å². The first-order valence-electron chi connectivity index (χ1n) is 5.64. The number of nitrogen functional groups attached to an aromatic ring is 1. The van der Waals surface area contributed by atoms with Crippen LogP contribution in [0.25, 0.3) is 0 Å². The minimum absolute atomic E-state index is 0.294. The lowest BCUT2D eigenvalue weighted by Crippen LogP contribution is -2.11. The van der Waals surface area contributed by atoms with Crippen molar-refractivity contribution in [2.75, 3.05) is 5.73 Å². The topological polar surface area (TPSA) is 73.9 Å². The number of hydrogen-bond donors (Lipinski definition) is 1. The van der Waals surface area contributed by atoms with Crippen LogP contribution in [0.2, 0.25) is 0 Å². The van der Waals surface area contributed by atoms with E-state index in [0.717, 1.165) is 12.3 Å². The third kappa shape index (κ3) is 3.34. The highest BCUT2D eigenvalue weighted by Crippen LogP contribution is 2.28. The zero-order valence-electron chi connectivity index (χ0n) is 10.4. The summed E-state index contributed by atoms with van der Waals surface area (Å²) in [5, 5.41) is 0. The Kier molecular flexibility index (Phi) is 3.73.